The number of carbonyl (C=O) groups is 2. The topological polar surface area (TPSA) is 71.1 Å². The smallest absolute Gasteiger partial charge is 0.430 e. The number of hydrogen-bond acceptors (Lipinski definition) is 5. The summed E-state index contributed by atoms with van der Waals surface area (Å²) in [6.07, 6.45) is 0.188. The molecule has 0 atom stereocenters. The van der Waals surface area contributed by atoms with Crippen LogP contribution in [0, 0.1) is 5.82 Å². The highest BCUT2D eigenvalue weighted by Crippen LogP contribution is 2.32. The summed E-state index contributed by atoms with van der Waals surface area (Å²) in [5, 5.41) is 4.87. The molecule has 1 saturated heterocycles. The molecule has 7 nitrogen and oxygen atoms in total. The van der Waals surface area contributed by atoms with Gasteiger partial charge in [-0.25, -0.2) is 19.0 Å². The van der Waals surface area contributed by atoms with Crippen molar-refractivity contribution >= 4 is 41.2 Å². The van der Waals surface area contributed by atoms with Gasteiger partial charge in [0.15, 0.2) is 0 Å². The van der Waals surface area contributed by atoms with Crippen LogP contribution in [-0.2, 0) is 9.47 Å². The fraction of sp³-hybridized carbons (Fsp3) is 0.467. The number of halogens is 2. The van der Waals surface area contributed by atoms with Crippen molar-refractivity contribution in [1.29, 1.82) is 0 Å². The van der Waals surface area contributed by atoms with E-state index in [4.69, 9.17) is 16.3 Å². The lowest BCUT2D eigenvalue weighted by molar-refractivity contribution is -0.109. The van der Waals surface area contributed by atoms with Gasteiger partial charge in [-0.05, 0) is 24.3 Å². The average Bonchev–Trinajstić information content (AvgIpc) is 2.62. The Morgan fingerprint density at radius 2 is 2.20 bits per heavy atom. The molecule has 1 fully saturated rings. The maximum atomic E-state index is 14.1. The molecule has 1 aliphatic rings. The lowest BCUT2D eigenvalue weighted by Gasteiger charge is -2.36. The summed E-state index contributed by atoms with van der Waals surface area (Å²) < 4.78 is 23.9. The molecule has 1 N–H and O–H groups in total. The van der Waals surface area contributed by atoms with Gasteiger partial charge in [-0.2, -0.15) is 5.01 Å². The molecule has 25 heavy (non-hydrogen) atoms. The molecule has 1 heterocycles. The number of hydrogen-bond donors (Lipinski definition) is 1. The van der Waals surface area contributed by atoms with Crippen molar-refractivity contribution < 1.29 is 23.5 Å². The van der Waals surface area contributed by atoms with E-state index < -0.39 is 17.9 Å². The molecule has 2 rings (SSSR count). The Bertz CT molecular complexity index is 649. The van der Waals surface area contributed by atoms with Crippen LogP contribution in [0.4, 0.5) is 19.7 Å². The predicted octanol–water partition coefficient (Wildman–Crippen LogP) is 3.79. The number of carbonyl (C=O) groups excluding carboxylic acids is 2. The molecule has 0 spiro atoms. The van der Waals surface area contributed by atoms with E-state index in [0.717, 1.165) is 28.3 Å². The SMILES string of the molecule is CCCSc1cc(NC(=O)N2CCOCN2C(=O)OC)c(F)cc1Cl. The molecule has 0 radical (unpaired) electrons. The first-order valence-corrected chi connectivity index (χ1v) is 8.97. The van der Waals surface area contributed by atoms with Gasteiger partial charge in [0.25, 0.3) is 0 Å². The lowest BCUT2D eigenvalue weighted by Crippen LogP contribution is -2.56. The van der Waals surface area contributed by atoms with Crippen LogP contribution in [-0.4, -0.2) is 54.9 Å². The van der Waals surface area contributed by atoms with Gasteiger partial charge in [0, 0.05) is 4.90 Å². The molecule has 1 aromatic rings. The molecular weight excluding hydrogens is 373 g/mol. The molecule has 0 aliphatic carbocycles. The first-order valence-electron chi connectivity index (χ1n) is 7.61. The van der Waals surface area contributed by atoms with E-state index in [0.29, 0.717) is 4.90 Å². The Labute approximate surface area is 154 Å². The third kappa shape index (κ3) is 4.90. The van der Waals surface area contributed by atoms with E-state index in [1.807, 2.05) is 6.92 Å². The maximum absolute atomic E-state index is 14.1. The van der Waals surface area contributed by atoms with Crippen molar-refractivity contribution in [2.45, 2.75) is 18.2 Å². The van der Waals surface area contributed by atoms with E-state index in [9.17, 15) is 14.0 Å². The number of nitrogens with one attached hydrogen (secondary N) is 1. The molecule has 0 saturated carbocycles. The average molecular weight is 392 g/mol. The van der Waals surface area contributed by atoms with Crippen molar-refractivity contribution in [1.82, 2.24) is 10.0 Å². The van der Waals surface area contributed by atoms with E-state index in [2.05, 4.69) is 10.1 Å². The zero-order valence-corrected chi connectivity index (χ0v) is 15.5. The molecule has 0 aromatic heterocycles. The number of urea groups is 1. The second kappa shape index (κ2) is 9.12. The molecule has 3 amide bonds. The second-order valence-corrected chi connectivity index (χ2v) is 6.62. The Hall–Kier alpha value is -1.71. The van der Waals surface area contributed by atoms with Gasteiger partial charge in [-0.15, -0.1) is 11.8 Å². The molecule has 0 unspecified atom stereocenters. The highest BCUT2D eigenvalue weighted by atomic mass is 35.5. The van der Waals surface area contributed by atoms with Gasteiger partial charge in [-0.3, -0.25) is 0 Å². The molecule has 1 aromatic carbocycles. The van der Waals surface area contributed by atoms with E-state index in [-0.39, 0.29) is 30.6 Å². The number of methoxy groups -OCH3 is 1. The number of hydrazine groups is 1. The Kier molecular flexibility index (Phi) is 7.15. The van der Waals surface area contributed by atoms with Crippen molar-refractivity contribution in [2.75, 3.05) is 38.1 Å². The summed E-state index contributed by atoms with van der Waals surface area (Å²) in [6.45, 7) is 2.28. The van der Waals surface area contributed by atoms with Gasteiger partial charge >= 0.3 is 12.1 Å². The van der Waals surface area contributed by atoms with Gasteiger partial charge in [0.05, 0.1) is 31.0 Å². The zero-order chi connectivity index (χ0) is 18.4. The Balaban J connectivity index is 2.17. The number of benzene rings is 1. The molecular formula is C15H19ClFN3O4S. The van der Waals surface area contributed by atoms with Gasteiger partial charge in [0.1, 0.15) is 12.5 Å². The van der Waals surface area contributed by atoms with Crippen LogP contribution < -0.4 is 5.32 Å². The summed E-state index contributed by atoms with van der Waals surface area (Å²) in [5.41, 5.74) is -0.00990. The normalized spacial score (nSPS) is 14.4. The standard InChI is InChI=1S/C15H19ClFN3O4S/c1-3-6-25-13-8-12(11(17)7-10(13)16)18-14(21)19-4-5-24-9-20(19)15(22)23-2/h7-8H,3-6,9H2,1-2H3,(H,18,21). The summed E-state index contributed by atoms with van der Waals surface area (Å²) in [5.74, 6) is 0.162. The Morgan fingerprint density at radius 3 is 2.88 bits per heavy atom. The highest BCUT2D eigenvalue weighted by molar-refractivity contribution is 7.99. The third-order valence-electron chi connectivity index (χ3n) is 3.30. The minimum Gasteiger partial charge on any atom is -0.451 e. The number of amides is 3. The first-order chi connectivity index (χ1) is 12.0. The second-order valence-electron chi connectivity index (χ2n) is 5.07. The van der Waals surface area contributed by atoms with E-state index >= 15 is 0 Å². The fourth-order valence-electron chi connectivity index (χ4n) is 2.09. The van der Waals surface area contributed by atoms with Gasteiger partial charge in [0.2, 0.25) is 0 Å². The molecule has 10 heteroatoms. The predicted molar refractivity (Wildman–Crippen MR) is 93.2 cm³/mol. The zero-order valence-electron chi connectivity index (χ0n) is 13.9. The highest BCUT2D eigenvalue weighted by Gasteiger charge is 2.30. The van der Waals surface area contributed by atoms with Crippen LogP contribution in [0.2, 0.25) is 5.02 Å². The molecule has 138 valence electrons. The summed E-state index contributed by atoms with van der Waals surface area (Å²) in [4.78, 5) is 24.9. The van der Waals surface area contributed by atoms with Crippen molar-refractivity contribution in [3.63, 3.8) is 0 Å². The van der Waals surface area contributed by atoms with Crippen LogP contribution in [0.5, 0.6) is 0 Å². The molecule has 1 aliphatic heterocycles. The number of anilines is 1. The fourth-order valence-corrected chi connectivity index (χ4v) is 3.22. The Morgan fingerprint density at radius 1 is 1.44 bits per heavy atom. The van der Waals surface area contributed by atoms with Crippen molar-refractivity contribution in [3.05, 3.63) is 23.0 Å². The summed E-state index contributed by atoms with van der Waals surface area (Å²) in [6, 6.07) is 1.98. The minimum absolute atomic E-state index is 0.00990. The van der Waals surface area contributed by atoms with Gasteiger partial charge in [-0.1, -0.05) is 18.5 Å². The lowest BCUT2D eigenvalue weighted by atomic mass is 10.3. The van der Waals surface area contributed by atoms with Crippen LogP contribution in [0.15, 0.2) is 17.0 Å². The minimum atomic E-state index is -0.745. The first kappa shape index (κ1) is 19.6. The third-order valence-corrected chi connectivity index (χ3v) is 4.98. The number of rotatable bonds is 4. The maximum Gasteiger partial charge on any atom is 0.430 e. The largest absolute Gasteiger partial charge is 0.451 e. The number of nitrogens with zero attached hydrogens (tertiary/aromatic N) is 2. The number of ether oxygens (including phenoxy) is 2. The summed E-state index contributed by atoms with van der Waals surface area (Å²) in [7, 11) is 1.20. The van der Waals surface area contributed by atoms with E-state index in [1.165, 1.54) is 24.9 Å². The summed E-state index contributed by atoms with van der Waals surface area (Å²) >= 11 is 7.51. The van der Waals surface area contributed by atoms with Crippen molar-refractivity contribution in [3.8, 4) is 0 Å². The van der Waals surface area contributed by atoms with Gasteiger partial charge < -0.3 is 14.8 Å². The van der Waals surface area contributed by atoms with Crippen LogP contribution in [0.1, 0.15) is 13.3 Å². The monoisotopic (exact) mass is 391 g/mol. The van der Waals surface area contributed by atoms with Crippen molar-refractivity contribution in [2.24, 2.45) is 0 Å². The molecule has 0 bridgehead atoms. The number of thioether (sulfide) groups is 1. The van der Waals surface area contributed by atoms with Crippen LogP contribution in [0.3, 0.4) is 0 Å². The van der Waals surface area contributed by atoms with E-state index in [1.54, 1.807) is 0 Å². The van der Waals surface area contributed by atoms with Crippen LogP contribution >= 0.6 is 23.4 Å². The quantitative estimate of drug-likeness (QED) is 0.791. The van der Waals surface area contributed by atoms with Crippen LogP contribution in [0.25, 0.3) is 0 Å².